The van der Waals surface area contributed by atoms with Gasteiger partial charge in [0.05, 0.1) is 16.6 Å². The van der Waals surface area contributed by atoms with Gasteiger partial charge in [0.2, 0.25) is 10.0 Å². The number of sulfonamides is 1. The molecule has 2 rings (SSSR count). The number of benzene rings is 1. The zero-order valence-electron chi connectivity index (χ0n) is 11.4. The first-order valence-electron chi connectivity index (χ1n) is 6.45. The monoisotopic (exact) mass is 333 g/mol. The molecule has 1 saturated heterocycles. The molecule has 0 bridgehead atoms. The Hall–Kier alpha value is -1.15. The molecule has 1 aromatic carbocycles. The number of carboxylic acids is 1. The highest BCUT2D eigenvalue weighted by atomic mass is 35.5. The summed E-state index contributed by atoms with van der Waals surface area (Å²) in [6.45, 7) is 1.75. The molecule has 0 saturated carbocycles. The summed E-state index contributed by atoms with van der Waals surface area (Å²) in [7, 11) is -3.88. The van der Waals surface area contributed by atoms with Crippen LogP contribution in [0.1, 0.15) is 28.8 Å². The second kappa shape index (κ2) is 5.92. The third-order valence-corrected chi connectivity index (χ3v) is 5.74. The van der Waals surface area contributed by atoms with E-state index in [1.54, 1.807) is 0 Å². The molecule has 1 fully saturated rings. The fourth-order valence-corrected chi connectivity index (χ4v) is 4.49. The third kappa shape index (κ3) is 3.21. The van der Waals surface area contributed by atoms with Gasteiger partial charge in [-0.3, -0.25) is 0 Å². The highest BCUT2D eigenvalue weighted by molar-refractivity contribution is 7.89. The van der Waals surface area contributed by atoms with E-state index in [0.29, 0.717) is 19.4 Å². The van der Waals surface area contributed by atoms with Crippen LogP contribution in [0.15, 0.2) is 17.0 Å². The molecular formula is C13H16ClNO5S. The van der Waals surface area contributed by atoms with Gasteiger partial charge < -0.3 is 10.2 Å². The first-order chi connectivity index (χ1) is 9.73. The van der Waals surface area contributed by atoms with E-state index >= 15 is 0 Å². The number of β-amino-alcohol motifs (C(OH)–C–C–N with tert-alkyl or cyclic N) is 1. The largest absolute Gasteiger partial charge is 0.478 e. The molecule has 0 aliphatic carbocycles. The molecule has 1 aliphatic heterocycles. The normalized spacial score (nSPS) is 20.4. The number of carbonyl (C=O) groups is 1. The van der Waals surface area contributed by atoms with E-state index in [0.717, 1.165) is 0 Å². The zero-order chi connectivity index (χ0) is 15.8. The maximum atomic E-state index is 12.6. The number of aliphatic hydroxyl groups excluding tert-OH is 1. The first-order valence-corrected chi connectivity index (χ1v) is 8.27. The number of halogens is 1. The zero-order valence-corrected chi connectivity index (χ0v) is 13.0. The van der Waals surface area contributed by atoms with E-state index in [1.165, 1.54) is 23.4 Å². The van der Waals surface area contributed by atoms with Gasteiger partial charge in [-0.2, -0.15) is 4.31 Å². The number of hydrogen-bond acceptors (Lipinski definition) is 4. The third-order valence-electron chi connectivity index (χ3n) is 3.53. The van der Waals surface area contributed by atoms with Gasteiger partial charge >= 0.3 is 5.97 Å². The van der Waals surface area contributed by atoms with Crippen molar-refractivity contribution in [1.29, 1.82) is 0 Å². The average molecular weight is 334 g/mol. The number of carboxylic acid groups (broad SMARTS) is 1. The van der Waals surface area contributed by atoms with Crippen LogP contribution in [0.4, 0.5) is 0 Å². The lowest BCUT2D eigenvalue weighted by atomic mass is 10.1. The van der Waals surface area contributed by atoms with Gasteiger partial charge in [-0.05, 0) is 37.5 Å². The van der Waals surface area contributed by atoms with Crippen molar-refractivity contribution in [2.45, 2.75) is 30.8 Å². The van der Waals surface area contributed by atoms with Crippen molar-refractivity contribution in [1.82, 2.24) is 4.31 Å². The van der Waals surface area contributed by atoms with Gasteiger partial charge in [-0.15, -0.1) is 0 Å². The standard InChI is InChI=1S/C13H16ClNO5S/c1-8-11(13(17)18)5-9(14)6-12(8)21(19,20)15-4-2-3-10(16)7-15/h5-6,10,16H,2-4,7H2,1H3,(H,17,18). The molecule has 6 nitrogen and oxygen atoms in total. The van der Waals surface area contributed by atoms with Crippen molar-refractivity contribution < 1.29 is 23.4 Å². The second-order valence-electron chi connectivity index (χ2n) is 5.04. The number of aliphatic hydroxyl groups is 1. The van der Waals surface area contributed by atoms with Gasteiger partial charge in [-0.1, -0.05) is 11.6 Å². The summed E-state index contributed by atoms with van der Waals surface area (Å²) in [5.74, 6) is -1.23. The summed E-state index contributed by atoms with van der Waals surface area (Å²) < 4.78 is 26.5. The van der Waals surface area contributed by atoms with Crippen molar-refractivity contribution in [3.8, 4) is 0 Å². The van der Waals surface area contributed by atoms with Crippen molar-refractivity contribution in [3.05, 3.63) is 28.3 Å². The Morgan fingerprint density at radius 2 is 2.10 bits per heavy atom. The molecule has 1 atom stereocenters. The molecule has 0 amide bonds. The van der Waals surface area contributed by atoms with E-state index < -0.39 is 22.1 Å². The Bertz CT molecular complexity index is 673. The molecule has 1 aromatic rings. The van der Waals surface area contributed by atoms with Crippen LogP contribution in [-0.4, -0.2) is 48.1 Å². The van der Waals surface area contributed by atoms with Gasteiger partial charge in [-0.25, -0.2) is 13.2 Å². The average Bonchev–Trinajstić information content (AvgIpc) is 2.40. The number of nitrogens with zero attached hydrogens (tertiary/aromatic N) is 1. The number of rotatable bonds is 3. The number of aromatic carboxylic acids is 1. The molecule has 21 heavy (non-hydrogen) atoms. The number of hydrogen-bond donors (Lipinski definition) is 2. The lowest BCUT2D eigenvalue weighted by Crippen LogP contribution is -2.42. The van der Waals surface area contributed by atoms with Gasteiger partial charge in [0, 0.05) is 18.1 Å². The summed E-state index contributed by atoms with van der Waals surface area (Å²) in [6.07, 6.45) is 0.416. The first kappa shape index (κ1) is 16.2. The summed E-state index contributed by atoms with van der Waals surface area (Å²) >= 11 is 5.84. The Morgan fingerprint density at radius 3 is 2.67 bits per heavy atom. The highest BCUT2D eigenvalue weighted by Crippen LogP contribution is 2.28. The van der Waals surface area contributed by atoms with Crippen LogP contribution < -0.4 is 0 Å². The highest BCUT2D eigenvalue weighted by Gasteiger charge is 2.32. The van der Waals surface area contributed by atoms with Gasteiger partial charge in [0.25, 0.3) is 0 Å². The minimum Gasteiger partial charge on any atom is -0.478 e. The molecular weight excluding hydrogens is 318 g/mol. The van der Waals surface area contributed by atoms with Crippen LogP contribution in [0.2, 0.25) is 5.02 Å². The minimum atomic E-state index is -3.88. The van der Waals surface area contributed by atoms with Crippen LogP contribution >= 0.6 is 11.6 Å². The summed E-state index contributed by atoms with van der Waals surface area (Å²) in [6, 6.07) is 2.48. The molecule has 8 heteroatoms. The van der Waals surface area contributed by atoms with Crippen LogP contribution in [0.5, 0.6) is 0 Å². The Balaban J connectivity index is 2.52. The van der Waals surface area contributed by atoms with Crippen molar-refractivity contribution in [2.75, 3.05) is 13.1 Å². The SMILES string of the molecule is Cc1c(C(=O)O)cc(Cl)cc1S(=O)(=O)N1CCCC(O)C1. The fourth-order valence-electron chi connectivity index (χ4n) is 2.42. The Kier molecular flexibility index (Phi) is 4.57. The van der Waals surface area contributed by atoms with Crippen molar-refractivity contribution in [2.24, 2.45) is 0 Å². The molecule has 0 radical (unpaired) electrons. The van der Waals surface area contributed by atoms with Crippen LogP contribution in [0.3, 0.4) is 0 Å². The molecule has 0 spiro atoms. The van der Waals surface area contributed by atoms with E-state index in [4.69, 9.17) is 16.7 Å². The second-order valence-corrected chi connectivity index (χ2v) is 7.38. The summed E-state index contributed by atoms with van der Waals surface area (Å²) in [5, 5.41) is 18.8. The van der Waals surface area contributed by atoms with Crippen LogP contribution in [0, 0.1) is 6.92 Å². The van der Waals surface area contributed by atoms with E-state index in [9.17, 15) is 18.3 Å². The molecule has 1 aliphatic rings. The van der Waals surface area contributed by atoms with E-state index in [1.807, 2.05) is 0 Å². The Morgan fingerprint density at radius 1 is 1.43 bits per heavy atom. The lowest BCUT2D eigenvalue weighted by Gasteiger charge is -2.29. The molecule has 0 aromatic heterocycles. The lowest BCUT2D eigenvalue weighted by molar-refractivity contribution is 0.0695. The minimum absolute atomic E-state index is 0.0106. The summed E-state index contributed by atoms with van der Waals surface area (Å²) in [4.78, 5) is 11.1. The molecule has 1 heterocycles. The predicted octanol–water partition coefficient (Wildman–Crippen LogP) is 1.49. The van der Waals surface area contributed by atoms with Gasteiger partial charge in [0.15, 0.2) is 0 Å². The molecule has 2 N–H and O–H groups in total. The molecule has 116 valence electrons. The van der Waals surface area contributed by atoms with Crippen LogP contribution in [0.25, 0.3) is 0 Å². The smallest absolute Gasteiger partial charge is 0.336 e. The molecule has 1 unspecified atom stereocenters. The maximum absolute atomic E-state index is 12.6. The van der Waals surface area contributed by atoms with E-state index in [-0.39, 0.29) is 27.6 Å². The maximum Gasteiger partial charge on any atom is 0.336 e. The van der Waals surface area contributed by atoms with Crippen molar-refractivity contribution >= 4 is 27.6 Å². The van der Waals surface area contributed by atoms with E-state index in [2.05, 4.69) is 0 Å². The predicted molar refractivity (Wildman–Crippen MR) is 77.1 cm³/mol. The van der Waals surface area contributed by atoms with Gasteiger partial charge in [0.1, 0.15) is 0 Å². The van der Waals surface area contributed by atoms with Crippen LogP contribution in [-0.2, 0) is 10.0 Å². The Labute approximate surface area is 128 Å². The fraction of sp³-hybridized carbons (Fsp3) is 0.462. The summed E-state index contributed by atoms with van der Waals surface area (Å²) in [5.41, 5.74) is 0.00518. The topological polar surface area (TPSA) is 94.9 Å². The quantitative estimate of drug-likeness (QED) is 0.874. The number of piperidine rings is 1. The van der Waals surface area contributed by atoms with Crippen molar-refractivity contribution in [3.63, 3.8) is 0 Å².